The van der Waals surface area contributed by atoms with Crippen molar-refractivity contribution in [1.29, 1.82) is 5.41 Å². The Labute approximate surface area is 107 Å². The number of nitrogens with zero attached hydrogens (tertiary/aromatic N) is 1. The van der Waals surface area contributed by atoms with Crippen LogP contribution in [-0.2, 0) is 0 Å². The molecule has 18 heavy (non-hydrogen) atoms. The number of hydrogen-bond acceptors (Lipinski definition) is 2. The summed E-state index contributed by atoms with van der Waals surface area (Å²) < 4.78 is 0. The highest BCUT2D eigenvalue weighted by molar-refractivity contribution is 5.89. The number of amidine groups is 1. The van der Waals surface area contributed by atoms with Gasteiger partial charge in [-0.2, -0.15) is 0 Å². The average molecular weight is 248 g/mol. The van der Waals surface area contributed by atoms with Crippen molar-refractivity contribution in [2.24, 2.45) is 5.73 Å². The van der Waals surface area contributed by atoms with E-state index in [1.165, 1.54) is 0 Å². The standard InChI is InChI=1S/C13H20N4O/c1-9-5-4-6-11(7-9)16-13(18)17(3)10(2)8-12(14)15/h4-7,10H,8H2,1-3H3,(H3,14,15)(H,16,18). The summed E-state index contributed by atoms with van der Waals surface area (Å²) in [5.41, 5.74) is 7.18. The molecule has 0 aliphatic heterocycles. The number of rotatable bonds is 4. The van der Waals surface area contributed by atoms with Crippen molar-refractivity contribution in [3.8, 4) is 0 Å². The first kappa shape index (κ1) is 14.0. The zero-order valence-corrected chi connectivity index (χ0v) is 11.0. The molecule has 1 atom stereocenters. The van der Waals surface area contributed by atoms with Crippen molar-refractivity contribution in [3.63, 3.8) is 0 Å². The normalized spacial score (nSPS) is 11.7. The molecule has 1 rings (SSSR count). The highest BCUT2D eigenvalue weighted by atomic mass is 16.2. The van der Waals surface area contributed by atoms with Crippen LogP contribution in [0.5, 0.6) is 0 Å². The maximum Gasteiger partial charge on any atom is 0.321 e. The molecule has 98 valence electrons. The molecule has 0 spiro atoms. The lowest BCUT2D eigenvalue weighted by molar-refractivity contribution is 0.209. The van der Waals surface area contributed by atoms with Crippen LogP contribution in [0.3, 0.4) is 0 Å². The van der Waals surface area contributed by atoms with Crippen molar-refractivity contribution in [3.05, 3.63) is 29.8 Å². The summed E-state index contributed by atoms with van der Waals surface area (Å²) in [5, 5.41) is 10.0. The van der Waals surface area contributed by atoms with Gasteiger partial charge in [-0.05, 0) is 31.5 Å². The Bertz CT molecular complexity index is 444. The minimum Gasteiger partial charge on any atom is -0.388 e. The first-order valence-electron chi connectivity index (χ1n) is 5.83. The number of urea groups is 1. The minimum absolute atomic E-state index is 0.0812. The molecule has 1 aromatic rings. The van der Waals surface area contributed by atoms with Crippen LogP contribution in [0.4, 0.5) is 10.5 Å². The molecule has 5 heteroatoms. The maximum absolute atomic E-state index is 12.0. The molecule has 4 N–H and O–H groups in total. The average Bonchev–Trinajstić information content (AvgIpc) is 2.27. The van der Waals surface area contributed by atoms with Crippen LogP contribution in [-0.4, -0.2) is 29.9 Å². The van der Waals surface area contributed by atoms with Gasteiger partial charge in [0.2, 0.25) is 0 Å². The van der Waals surface area contributed by atoms with Crippen LogP contribution in [0, 0.1) is 12.3 Å². The third-order valence-electron chi connectivity index (χ3n) is 2.77. The molecule has 0 saturated carbocycles. The van der Waals surface area contributed by atoms with Gasteiger partial charge in [0.05, 0.1) is 5.84 Å². The van der Waals surface area contributed by atoms with E-state index in [0.717, 1.165) is 11.3 Å². The second-order valence-electron chi connectivity index (χ2n) is 4.49. The Morgan fingerprint density at radius 3 is 2.78 bits per heavy atom. The van der Waals surface area contributed by atoms with Crippen LogP contribution in [0.25, 0.3) is 0 Å². The lowest BCUT2D eigenvalue weighted by Gasteiger charge is -2.24. The van der Waals surface area contributed by atoms with Crippen LogP contribution < -0.4 is 11.1 Å². The topological polar surface area (TPSA) is 82.2 Å². The predicted octanol–water partition coefficient (Wildman–Crippen LogP) is 2.17. The highest BCUT2D eigenvalue weighted by Gasteiger charge is 2.16. The van der Waals surface area contributed by atoms with Gasteiger partial charge in [0.15, 0.2) is 0 Å². The van der Waals surface area contributed by atoms with E-state index in [0.29, 0.717) is 6.42 Å². The third kappa shape index (κ3) is 4.08. The first-order chi connectivity index (χ1) is 8.40. The quantitative estimate of drug-likeness (QED) is 0.563. The molecule has 0 saturated heterocycles. The lowest BCUT2D eigenvalue weighted by atomic mass is 10.2. The minimum atomic E-state index is -0.200. The van der Waals surface area contributed by atoms with Crippen molar-refractivity contribution < 1.29 is 4.79 Å². The molecule has 0 bridgehead atoms. The van der Waals surface area contributed by atoms with Crippen molar-refractivity contribution in [2.45, 2.75) is 26.3 Å². The van der Waals surface area contributed by atoms with Gasteiger partial charge < -0.3 is 16.0 Å². The Morgan fingerprint density at radius 2 is 2.22 bits per heavy atom. The second kappa shape index (κ2) is 6.05. The smallest absolute Gasteiger partial charge is 0.321 e. The summed E-state index contributed by atoms with van der Waals surface area (Å²) >= 11 is 0. The van der Waals surface area contributed by atoms with Crippen molar-refractivity contribution in [1.82, 2.24) is 4.90 Å². The number of benzene rings is 1. The molecular weight excluding hydrogens is 228 g/mol. The van der Waals surface area contributed by atoms with Crippen LogP contribution in [0.2, 0.25) is 0 Å². The summed E-state index contributed by atoms with van der Waals surface area (Å²) in [7, 11) is 1.69. The zero-order chi connectivity index (χ0) is 13.7. The number of carbonyl (C=O) groups is 1. The number of hydrogen-bond donors (Lipinski definition) is 3. The fourth-order valence-corrected chi connectivity index (χ4v) is 1.59. The number of nitrogens with two attached hydrogens (primary N) is 1. The summed E-state index contributed by atoms with van der Waals surface area (Å²) in [6.07, 6.45) is 0.373. The van der Waals surface area contributed by atoms with Gasteiger partial charge in [-0.3, -0.25) is 5.41 Å². The molecule has 0 aromatic heterocycles. The lowest BCUT2D eigenvalue weighted by Crippen LogP contribution is -2.40. The molecule has 2 amide bonds. The molecule has 0 radical (unpaired) electrons. The number of carbonyl (C=O) groups excluding carboxylic acids is 1. The third-order valence-corrected chi connectivity index (χ3v) is 2.77. The fourth-order valence-electron chi connectivity index (χ4n) is 1.59. The highest BCUT2D eigenvalue weighted by Crippen LogP contribution is 2.11. The van der Waals surface area contributed by atoms with E-state index >= 15 is 0 Å². The van der Waals surface area contributed by atoms with Gasteiger partial charge in [-0.1, -0.05) is 12.1 Å². The molecule has 0 heterocycles. The molecule has 0 aliphatic carbocycles. The van der Waals surface area contributed by atoms with E-state index in [-0.39, 0.29) is 17.9 Å². The van der Waals surface area contributed by atoms with Crippen LogP contribution in [0.1, 0.15) is 18.9 Å². The van der Waals surface area contributed by atoms with Gasteiger partial charge in [0.25, 0.3) is 0 Å². The zero-order valence-electron chi connectivity index (χ0n) is 11.0. The van der Waals surface area contributed by atoms with Gasteiger partial charge in [0.1, 0.15) is 0 Å². The predicted molar refractivity (Wildman–Crippen MR) is 74.0 cm³/mol. The van der Waals surface area contributed by atoms with Crippen molar-refractivity contribution in [2.75, 3.05) is 12.4 Å². The Balaban J connectivity index is 2.62. The summed E-state index contributed by atoms with van der Waals surface area (Å²) in [4.78, 5) is 13.5. The SMILES string of the molecule is Cc1cccc(NC(=O)N(C)C(C)CC(=N)N)c1. The van der Waals surface area contributed by atoms with Gasteiger partial charge in [0, 0.05) is 25.2 Å². The second-order valence-corrected chi connectivity index (χ2v) is 4.49. The number of aryl methyl sites for hydroxylation is 1. The van der Waals surface area contributed by atoms with Crippen molar-refractivity contribution >= 4 is 17.6 Å². The van der Waals surface area contributed by atoms with Gasteiger partial charge >= 0.3 is 6.03 Å². The van der Waals surface area contributed by atoms with Gasteiger partial charge in [-0.15, -0.1) is 0 Å². The Kier molecular flexibility index (Phi) is 4.71. The van der Waals surface area contributed by atoms with E-state index in [1.807, 2.05) is 38.1 Å². The number of amides is 2. The van der Waals surface area contributed by atoms with E-state index in [9.17, 15) is 4.79 Å². The molecule has 0 aliphatic rings. The van der Waals surface area contributed by atoms with Crippen LogP contribution >= 0.6 is 0 Å². The molecular formula is C13H20N4O. The monoisotopic (exact) mass is 248 g/mol. The Hall–Kier alpha value is -2.04. The molecule has 0 fully saturated rings. The number of anilines is 1. The first-order valence-corrected chi connectivity index (χ1v) is 5.83. The number of nitrogens with one attached hydrogen (secondary N) is 2. The van der Waals surface area contributed by atoms with Gasteiger partial charge in [-0.25, -0.2) is 4.79 Å². The Morgan fingerprint density at radius 1 is 1.56 bits per heavy atom. The summed E-state index contributed by atoms with van der Waals surface area (Å²) in [6, 6.07) is 7.30. The van der Waals surface area contributed by atoms with Crippen LogP contribution in [0.15, 0.2) is 24.3 Å². The van der Waals surface area contributed by atoms with E-state index in [4.69, 9.17) is 11.1 Å². The fraction of sp³-hybridized carbons (Fsp3) is 0.385. The molecule has 1 unspecified atom stereocenters. The largest absolute Gasteiger partial charge is 0.388 e. The summed E-state index contributed by atoms with van der Waals surface area (Å²) in [6.45, 7) is 3.83. The van der Waals surface area contributed by atoms with E-state index in [1.54, 1.807) is 11.9 Å². The molecule has 1 aromatic carbocycles. The molecule has 5 nitrogen and oxygen atoms in total. The summed E-state index contributed by atoms with van der Waals surface area (Å²) in [5.74, 6) is 0.0812. The maximum atomic E-state index is 12.0. The van der Waals surface area contributed by atoms with E-state index < -0.39 is 0 Å². The van der Waals surface area contributed by atoms with E-state index in [2.05, 4.69) is 5.32 Å².